The Balaban J connectivity index is 1.20. The summed E-state index contributed by atoms with van der Waals surface area (Å²) in [6.07, 6.45) is 5.29. The van der Waals surface area contributed by atoms with Crippen LogP contribution >= 0.6 is 0 Å². The first-order valence-corrected chi connectivity index (χ1v) is 13.2. The van der Waals surface area contributed by atoms with Gasteiger partial charge in [-0.1, -0.05) is 24.3 Å². The molecule has 3 aliphatic rings. The molecule has 2 aromatic rings. The van der Waals surface area contributed by atoms with E-state index in [1.54, 1.807) is 6.07 Å². The number of hydrogen-bond donors (Lipinski definition) is 0. The summed E-state index contributed by atoms with van der Waals surface area (Å²) >= 11 is 0. The minimum Gasteiger partial charge on any atom is -0.486 e. The van der Waals surface area contributed by atoms with Gasteiger partial charge in [0.2, 0.25) is 21.2 Å². The van der Waals surface area contributed by atoms with E-state index in [-0.39, 0.29) is 23.1 Å². The number of fused-ring (bicyclic) bond motifs is 3. The van der Waals surface area contributed by atoms with Gasteiger partial charge in [-0.15, -0.1) is 0 Å². The topological polar surface area (TPSA) is 80.1 Å². The maximum atomic E-state index is 12.7. The largest absolute Gasteiger partial charge is 0.486 e. The van der Waals surface area contributed by atoms with Gasteiger partial charge in [0.25, 0.3) is 0 Å². The quantitative estimate of drug-likeness (QED) is 0.662. The molecule has 2 fully saturated rings. The lowest BCUT2D eigenvalue weighted by atomic mass is 9.98. The number of piperidine rings is 1. The molecule has 8 heteroatoms. The van der Waals surface area contributed by atoms with Crippen LogP contribution in [0.5, 0.6) is 5.75 Å². The van der Waals surface area contributed by atoms with Crippen LogP contribution in [0.4, 0.5) is 0 Å². The van der Waals surface area contributed by atoms with Crippen molar-refractivity contribution in [2.24, 2.45) is 5.92 Å². The van der Waals surface area contributed by atoms with Crippen LogP contribution in [0, 0.1) is 5.92 Å². The van der Waals surface area contributed by atoms with Gasteiger partial charge >= 0.3 is 0 Å². The van der Waals surface area contributed by atoms with E-state index in [0.717, 1.165) is 25.8 Å². The van der Waals surface area contributed by atoms with E-state index in [1.165, 1.54) is 28.0 Å². The molecule has 1 aromatic heterocycles. The molecule has 0 spiro atoms. The Labute approximate surface area is 189 Å². The maximum Gasteiger partial charge on any atom is 0.227 e. The van der Waals surface area contributed by atoms with Crippen molar-refractivity contribution in [3.05, 3.63) is 63.7 Å². The number of sulfonamides is 1. The van der Waals surface area contributed by atoms with Gasteiger partial charge in [-0.25, -0.2) is 12.7 Å². The summed E-state index contributed by atoms with van der Waals surface area (Å²) in [7, 11) is -3.14. The second-order valence-corrected chi connectivity index (χ2v) is 11.4. The number of nitrogens with zero attached hydrogens (tertiary/aromatic N) is 2. The molecule has 0 bridgehead atoms. The molecule has 7 nitrogen and oxygen atoms in total. The standard InChI is InChI=1S/C24H30N2O5S/c1-16(26-13-18-5-3-4-6-19(18)20-11-21(20)26)23-12-22(27)24(15-31-23)30-14-17-7-9-25(10-8-17)32(2,28)29/h3-6,12,15-17,20-21H,7-11,13-14H2,1-2H3/t16?,20-,21-/m1/s1. The molecule has 1 aromatic carbocycles. The second kappa shape index (κ2) is 8.32. The lowest BCUT2D eigenvalue weighted by Crippen LogP contribution is -2.39. The van der Waals surface area contributed by atoms with E-state index in [4.69, 9.17) is 9.15 Å². The molecule has 1 saturated carbocycles. The average molecular weight is 459 g/mol. The minimum atomic E-state index is -3.14. The van der Waals surface area contributed by atoms with Crippen molar-refractivity contribution in [1.29, 1.82) is 0 Å². The van der Waals surface area contributed by atoms with Gasteiger partial charge in [-0.2, -0.15) is 0 Å². The van der Waals surface area contributed by atoms with Crippen LogP contribution in [0.1, 0.15) is 55.0 Å². The van der Waals surface area contributed by atoms with E-state index in [9.17, 15) is 13.2 Å². The Morgan fingerprint density at radius 2 is 1.97 bits per heavy atom. The Morgan fingerprint density at radius 1 is 1.22 bits per heavy atom. The molecular weight excluding hydrogens is 428 g/mol. The zero-order valence-corrected chi connectivity index (χ0v) is 19.4. The summed E-state index contributed by atoms with van der Waals surface area (Å²) in [4.78, 5) is 15.1. The molecule has 1 aliphatic carbocycles. The number of ether oxygens (including phenoxy) is 1. The zero-order chi connectivity index (χ0) is 22.5. The highest BCUT2D eigenvalue weighted by Gasteiger charge is 2.48. The molecule has 5 rings (SSSR count). The third kappa shape index (κ3) is 4.23. The van der Waals surface area contributed by atoms with Gasteiger partial charge < -0.3 is 9.15 Å². The van der Waals surface area contributed by atoms with Crippen LogP contribution in [0.25, 0.3) is 0 Å². The van der Waals surface area contributed by atoms with Crippen LogP contribution in [-0.2, 0) is 16.6 Å². The van der Waals surface area contributed by atoms with Gasteiger partial charge in [0.1, 0.15) is 12.0 Å². The first-order chi connectivity index (χ1) is 15.3. The first-order valence-electron chi connectivity index (χ1n) is 11.4. The van der Waals surface area contributed by atoms with E-state index >= 15 is 0 Å². The van der Waals surface area contributed by atoms with E-state index in [2.05, 4.69) is 36.1 Å². The summed E-state index contributed by atoms with van der Waals surface area (Å²) in [6.45, 7) is 4.35. The molecule has 0 amide bonds. The van der Waals surface area contributed by atoms with Gasteiger partial charge in [-0.3, -0.25) is 9.69 Å². The molecule has 1 unspecified atom stereocenters. The molecular formula is C24H30N2O5S. The Morgan fingerprint density at radius 3 is 2.69 bits per heavy atom. The number of rotatable bonds is 6. The summed E-state index contributed by atoms with van der Waals surface area (Å²) in [5.74, 6) is 1.70. The number of benzene rings is 1. The van der Waals surface area contributed by atoms with E-state index in [0.29, 0.717) is 37.4 Å². The van der Waals surface area contributed by atoms with Crippen LogP contribution in [0.2, 0.25) is 0 Å². The van der Waals surface area contributed by atoms with Crippen molar-refractivity contribution in [1.82, 2.24) is 9.21 Å². The van der Waals surface area contributed by atoms with Gasteiger partial charge in [-0.05, 0) is 43.2 Å². The third-order valence-electron chi connectivity index (χ3n) is 7.23. The maximum absolute atomic E-state index is 12.7. The van der Waals surface area contributed by atoms with Crippen LogP contribution in [0.15, 0.2) is 45.8 Å². The normalized spacial score (nSPS) is 25.1. The lowest BCUT2D eigenvalue weighted by molar-refractivity contribution is 0.153. The molecule has 1 saturated heterocycles. The Bertz CT molecular complexity index is 1150. The average Bonchev–Trinajstić information content (AvgIpc) is 3.58. The highest BCUT2D eigenvalue weighted by atomic mass is 32.2. The van der Waals surface area contributed by atoms with Crippen molar-refractivity contribution < 1.29 is 17.6 Å². The van der Waals surface area contributed by atoms with Crippen LogP contribution in [0.3, 0.4) is 0 Å². The van der Waals surface area contributed by atoms with Crippen LogP contribution < -0.4 is 10.2 Å². The molecule has 0 N–H and O–H groups in total. The summed E-state index contributed by atoms with van der Waals surface area (Å²) in [5, 5.41) is 0. The Kier molecular flexibility index (Phi) is 5.63. The number of hydrogen-bond acceptors (Lipinski definition) is 6. The summed E-state index contributed by atoms with van der Waals surface area (Å²) in [6, 6.07) is 10.7. The predicted molar refractivity (Wildman–Crippen MR) is 121 cm³/mol. The Hall–Kier alpha value is -2.16. The van der Waals surface area contributed by atoms with Crippen molar-refractivity contribution >= 4 is 10.0 Å². The molecule has 172 valence electrons. The highest BCUT2D eigenvalue weighted by molar-refractivity contribution is 7.88. The van der Waals surface area contributed by atoms with Crippen LogP contribution in [-0.4, -0.2) is 49.6 Å². The zero-order valence-electron chi connectivity index (χ0n) is 18.6. The van der Waals surface area contributed by atoms with Crippen molar-refractivity contribution in [2.75, 3.05) is 26.0 Å². The molecule has 2 aliphatic heterocycles. The molecule has 3 heterocycles. The second-order valence-electron chi connectivity index (χ2n) is 9.38. The molecule has 0 radical (unpaired) electrons. The summed E-state index contributed by atoms with van der Waals surface area (Å²) < 4.78 is 36.4. The predicted octanol–water partition coefficient (Wildman–Crippen LogP) is 3.12. The SMILES string of the molecule is CC(c1cc(=O)c(OCC2CCN(S(C)(=O)=O)CC2)co1)N1Cc2ccccc2[C@H]2C[C@H]21. The minimum absolute atomic E-state index is 0.0143. The first kappa shape index (κ1) is 21.7. The highest BCUT2D eigenvalue weighted by Crippen LogP contribution is 2.52. The van der Waals surface area contributed by atoms with Crippen molar-refractivity contribution in [3.63, 3.8) is 0 Å². The van der Waals surface area contributed by atoms with E-state index in [1.807, 2.05) is 0 Å². The molecule has 3 atom stereocenters. The fourth-order valence-corrected chi connectivity index (χ4v) is 6.05. The lowest BCUT2D eigenvalue weighted by Gasteiger charge is -2.33. The van der Waals surface area contributed by atoms with Gasteiger partial charge in [0.05, 0.1) is 18.9 Å². The third-order valence-corrected chi connectivity index (χ3v) is 8.54. The fourth-order valence-electron chi connectivity index (χ4n) is 5.18. The monoisotopic (exact) mass is 458 g/mol. The fraction of sp³-hybridized carbons (Fsp3) is 0.542. The van der Waals surface area contributed by atoms with E-state index < -0.39 is 10.0 Å². The van der Waals surface area contributed by atoms with Gasteiger partial charge in [0, 0.05) is 37.7 Å². The smallest absolute Gasteiger partial charge is 0.227 e. The molecule has 32 heavy (non-hydrogen) atoms. The van der Waals surface area contributed by atoms with Gasteiger partial charge in [0.15, 0.2) is 0 Å². The van der Waals surface area contributed by atoms with Crippen molar-refractivity contribution in [2.45, 2.75) is 50.7 Å². The summed E-state index contributed by atoms with van der Waals surface area (Å²) in [5.41, 5.74) is 2.66. The van der Waals surface area contributed by atoms with Crippen molar-refractivity contribution in [3.8, 4) is 5.75 Å².